The number of carbonyl (C=O) groups excluding carboxylic acids is 1. The van der Waals surface area contributed by atoms with Gasteiger partial charge in [0.05, 0.1) is 18.9 Å². The number of amides is 1. The molecule has 1 atom stereocenters. The van der Waals surface area contributed by atoms with E-state index >= 15 is 0 Å². The minimum absolute atomic E-state index is 0.0555. The molecule has 0 saturated heterocycles. The minimum Gasteiger partial charge on any atom is -0.497 e. The van der Waals surface area contributed by atoms with Crippen molar-refractivity contribution in [2.24, 2.45) is 0 Å². The molecule has 2 aromatic carbocycles. The van der Waals surface area contributed by atoms with Crippen LogP contribution in [0.25, 0.3) is 0 Å². The first kappa shape index (κ1) is 17.9. The summed E-state index contributed by atoms with van der Waals surface area (Å²) in [7, 11) is 1.66. The van der Waals surface area contributed by atoms with E-state index in [1.807, 2.05) is 24.3 Å². The molecule has 0 spiro atoms. The van der Waals surface area contributed by atoms with Crippen molar-refractivity contribution in [1.82, 2.24) is 5.32 Å². The monoisotopic (exact) mass is 355 g/mol. The Morgan fingerprint density at radius 3 is 2.68 bits per heavy atom. The third-order valence-electron chi connectivity index (χ3n) is 4.66. The summed E-state index contributed by atoms with van der Waals surface area (Å²) in [6.07, 6.45) is 3.61. The number of rotatable bonds is 7. The molecule has 25 heavy (non-hydrogen) atoms. The van der Waals surface area contributed by atoms with E-state index in [0.29, 0.717) is 5.75 Å². The minimum atomic E-state index is 0.0555. The molecule has 1 aliphatic rings. The molecule has 0 radical (unpaired) electrons. The average Bonchev–Trinajstić information content (AvgIpc) is 3.10. The van der Waals surface area contributed by atoms with Crippen molar-refractivity contribution in [3.05, 3.63) is 64.7 Å². The number of ether oxygens (including phenoxy) is 1. The van der Waals surface area contributed by atoms with Gasteiger partial charge in [-0.05, 0) is 60.6 Å². The van der Waals surface area contributed by atoms with Crippen molar-refractivity contribution in [2.45, 2.75) is 38.0 Å². The topological polar surface area (TPSA) is 38.3 Å². The van der Waals surface area contributed by atoms with E-state index in [1.165, 1.54) is 41.5 Å². The highest BCUT2D eigenvalue weighted by molar-refractivity contribution is 7.99. The Morgan fingerprint density at radius 1 is 1.16 bits per heavy atom. The van der Waals surface area contributed by atoms with Gasteiger partial charge in [0.25, 0.3) is 0 Å². The maximum absolute atomic E-state index is 12.2. The SMILES string of the molecule is COc1ccc(CSCC(=O)N[C@H](C)c2ccc3c(c2)CCC3)cc1. The average molecular weight is 356 g/mol. The smallest absolute Gasteiger partial charge is 0.230 e. The fraction of sp³-hybridized carbons (Fsp3) is 0.381. The van der Waals surface area contributed by atoms with Crippen molar-refractivity contribution in [1.29, 1.82) is 0 Å². The van der Waals surface area contributed by atoms with Crippen molar-refractivity contribution in [2.75, 3.05) is 12.9 Å². The summed E-state index contributed by atoms with van der Waals surface area (Å²) in [6.45, 7) is 2.06. The van der Waals surface area contributed by atoms with E-state index in [2.05, 4.69) is 30.4 Å². The summed E-state index contributed by atoms with van der Waals surface area (Å²) in [5.41, 5.74) is 5.32. The van der Waals surface area contributed by atoms with Crippen molar-refractivity contribution < 1.29 is 9.53 Å². The first-order valence-electron chi connectivity index (χ1n) is 8.77. The standard InChI is InChI=1S/C21H25NO2S/c1-15(18-9-8-17-4-3-5-19(17)12-18)22-21(23)14-25-13-16-6-10-20(24-2)11-7-16/h6-12,15H,3-5,13-14H2,1-2H3,(H,22,23)/t15-/m1/s1. The van der Waals surface area contributed by atoms with Gasteiger partial charge in [0, 0.05) is 5.75 Å². The number of methoxy groups -OCH3 is 1. The maximum Gasteiger partial charge on any atom is 0.230 e. The molecule has 0 heterocycles. The molecule has 0 aliphatic heterocycles. The lowest BCUT2D eigenvalue weighted by Crippen LogP contribution is -2.28. The first-order valence-corrected chi connectivity index (χ1v) is 9.93. The summed E-state index contributed by atoms with van der Waals surface area (Å²) >= 11 is 1.63. The highest BCUT2D eigenvalue weighted by atomic mass is 32.2. The summed E-state index contributed by atoms with van der Waals surface area (Å²) in [5, 5.41) is 3.11. The molecule has 3 nitrogen and oxygen atoms in total. The molecule has 0 saturated carbocycles. The number of aryl methyl sites for hydroxylation is 2. The highest BCUT2D eigenvalue weighted by Gasteiger charge is 2.14. The Bertz CT molecular complexity index is 727. The lowest BCUT2D eigenvalue weighted by molar-refractivity contribution is -0.119. The van der Waals surface area contributed by atoms with Gasteiger partial charge < -0.3 is 10.1 Å². The second-order valence-corrected chi connectivity index (χ2v) is 7.50. The highest BCUT2D eigenvalue weighted by Crippen LogP contribution is 2.25. The number of hydrogen-bond donors (Lipinski definition) is 1. The van der Waals surface area contributed by atoms with Crippen LogP contribution in [0.4, 0.5) is 0 Å². The predicted molar refractivity (Wildman–Crippen MR) is 104 cm³/mol. The summed E-state index contributed by atoms with van der Waals surface area (Å²) in [4.78, 5) is 12.2. The maximum atomic E-state index is 12.2. The van der Waals surface area contributed by atoms with E-state index in [0.717, 1.165) is 11.5 Å². The Balaban J connectivity index is 1.45. The summed E-state index contributed by atoms with van der Waals surface area (Å²) in [6, 6.07) is 14.7. The number of benzene rings is 2. The molecule has 0 aromatic heterocycles. The molecule has 3 rings (SSSR count). The van der Waals surface area contributed by atoms with Gasteiger partial charge in [-0.1, -0.05) is 30.3 Å². The Hall–Kier alpha value is -1.94. The Morgan fingerprint density at radius 2 is 1.92 bits per heavy atom. The molecule has 0 bridgehead atoms. The van der Waals surface area contributed by atoms with E-state index in [4.69, 9.17) is 4.74 Å². The molecule has 0 fully saturated rings. The van der Waals surface area contributed by atoms with Gasteiger partial charge in [-0.15, -0.1) is 11.8 Å². The van der Waals surface area contributed by atoms with Crippen molar-refractivity contribution >= 4 is 17.7 Å². The Labute approximate surface area is 154 Å². The zero-order valence-corrected chi connectivity index (χ0v) is 15.7. The first-order chi connectivity index (χ1) is 12.2. The van der Waals surface area contributed by atoms with Gasteiger partial charge in [-0.25, -0.2) is 0 Å². The van der Waals surface area contributed by atoms with Crippen LogP contribution in [0, 0.1) is 0 Å². The molecule has 1 amide bonds. The third-order valence-corrected chi connectivity index (χ3v) is 5.66. The predicted octanol–water partition coefficient (Wildman–Crippen LogP) is 4.29. The van der Waals surface area contributed by atoms with Gasteiger partial charge in [0.2, 0.25) is 5.91 Å². The van der Waals surface area contributed by atoms with Gasteiger partial charge in [-0.2, -0.15) is 0 Å². The molecule has 4 heteroatoms. The zero-order valence-electron chi connectivity index (χ0n) is 14.9. The second kappa shape index (κ2) is 8.43. The lowest BCUT2D eigenvalue weighted by Gasteiger charge is -2.15. The van der Waals surface area contributed by atoms with Crippen LogP contribution in [0.5, 0.6) is 5.75 Å². The van der Waals surface area contributed by atoms with Crippen LogP contribution in [-0.2, 0) is 23.4 Å². The summed E-state index contributed by atoms with van der Waals surface area (Å²) < 4.78 is 5.15. The zero-order chi connectivity index (χ0) is 17.6. The van der Waals surface area contributed by atoms with Crippen molar-refractivity contribution in [3.63, 3.8) is 0 Å². The normalized spacial score (nSPS) is 14.0. The van der Waals surface area contributed by atoms with Gasteiger partial charge in [0.15, 0.2) is 0 Å². The van der Waals surface area contributed by atoms with Crippen LogP contribution in [0.15, 0.2) is 42.5 Å². The Kier molecular flexibility index (Phi) is 6.03. The largest absolute Gasteiger partial charge is 0.497 e. The van der Waals surface area contributed by atoms with Crippen LogP contribution in [0.2, 0.25) is 0 Å². The number of carbonyl (C=O) groups is 1. The van der Waals surface area contributed by atoms with Gasteiger partial charge >= 0.3 is 0 Å². The number of nitrogens with one attached hydrogen (secondary N) is 1. The number of hydrogen-bond acceptors (Lipinski definition) is 3. The summed E-state index contributed by atoms with van der Waals surface area (Å²) in [5.74, 6) is 2.24. The van der Waals surface area contributed by atoms with Gasteiger partial charge in [-0.3, -0.25) is 4.79 Å². The molecule has 0 unspecified atom stereocenters. The van der Waals surface area contributed by atoms with Gasteiger partial charge in [0.1, 0.15) is 5.75 Å². The molecule has 1 N–H and O–H groups in total. The quantitative estimate of drug-likeness (QED) is 0.805. The van der Waals surface area contributed by atoms with Crippen LogP contribution in [0.1, 0.15) is 41.6 Å². The van der Waals surface area contributed by atoms with Crippen LogP contribution in [-0.4, -0.2) is 18.8 Å². The molecular weight excluding hydrogens is 330 g/mol. The van der Waals surface area contributed by atoms with Crippen LogP contribution >= 0.6 is 11.8 Å². The number of thioether (sulfide) groups is 1. The molecular formula is C21H25NO2S. The van der Waals surface area contributed by atoms with E-state index in [-0.39, 0.29) is 11.9 Å². The number of fused-ring (bicyclic) bond motifs is 1. The fourth-order valence-electron chi connectivity index (χ4n) is 3.21. The van der Waals surface area contributed by atoms with Crippen LogP contribution in [0.3, 0.4) is 0 Å². The third kappa shape index (κ3) is 4.79. The van der Waals surface area contributed by atoms with E-state index in [9.17, 15) is 4.79 Å². The second-order valence-electron chi connectivity index (χ2n) is 6.51. The van der Waals surface area contributed by atoms with Crippen LogP contribution < -0.4 is 10.1 Å². The van der Waals surface area contributed by atoms with E-state index in [1.54, 1.807) is 18.9 Å². The molecule has 2 aromatic rings. The van der Waals surface area contributed by atoms with Crippen molar-refractivity contribution in [3.8, 4) is 5.75 Å². The molecule has 1 aliphatic carbocycles. The molecule has 132 valence electrons. The lowest BCUT2D eigenvalue weighted by atomic mass is 10.0. The van der Waals surface area contributed by atoms with E-state index < -0.39 is 0 Å². The fourth-order valence-corrected chi connectivity index (χ4v) is 4.01.